The van der Waals surface area contributed by atoms with Crippen LogP contribution in [0.4, 0.5) is 0 Å². The SMILES string of the molecule is CCC(CC)CCC(=O)c1ccoc1. The first kappa shape index (κ1) is 11.0. The van der Waals surface area contributed by atoms with Crippen molar-refractivity contribution in [2.45, 2.75) is 39.5 Å². The Hall–Kier alpha value is -1.05. The van der Waals surface area contributed by atoms with Crippen LogP contribution < -0.4 is 0 Å². The number of Topliss-reactive ketones (excluding diaryl/α,β-unsaturated/α-hetero) is 1. The molecule has 0 bridgehead atoms. The fourth-order valence-electron chi connectivity index (χ4n) is 1.60. The number of carbonyl (C=O) groups excluding carboxylic acids is 1. The molecule has 1 heterocycles. The molecule has 2 heteroatoms. The molecule has 1 aromatic rings. The van der Waals surface area contributed by atoms with E-state index in [1.807, 2.05) is 0 Å². The lowest BCUT2D eigenvalue weighted by molar-refractivity contribution is 0.0972. The highest BCUT2D eigenvalue weighted by Crippen LogP contribution is 2.16. The number of rotatable bonds is 6. The van der Waals surface area contributed by atoms with E-state index in [4.69, 9.17) is 4.42 Å². The molecular formula is C12H18O2. The molecule has 0 aromatic carbocycles. The topological polar surface area (TPSA) is 30.2 Å². The maximum Gasteiger partial charge on any atom is 0.166 e. The van der Waals surface area contributed by atoms with Gasteiger partial charge in [0.25, 0.3) is 0 Å². The van der Waals surface area contributed by atoms with E-state index in [9.17, 15) is 4.79 Å². The lowest BCUT2D eigenvalue weighted by Crippen LogP contribution is -2.03. The number of hydrogen-bond acceptors (Lipinski definition) is 2. The third-order valence-corrected chi connectivity index (χ3v) is 2.78. The van der Waals surface area contributed by atoms with Crippen LogP contribution in [0.15, 0.2) is 23.0 Å². The minimum absolute atomic E-state index is 0.200. The summed E-state index contributed by atoms with van der Waals surface area (Å²) in [7, 11) is 0. The maximum absolute atomic E-state index is 11.6. The van der Waals surface area contributed by atoms with Gasteiger partial charge < -0.3 is 4.42 Å². The van der Waals surface area contributed by atoms with Crippen LogP contribution >= 0.6 is 0 Å². The Morgan fingerprint density at radius 1 is 1.43 bits per heavy atom. The molecule has 14 heavy (non-hydrogen) atoms. The van der Waals surface area contributed by atoms with Crippen LogP contribution in [-0.4, -0.2) is 5.78 Å². The van der Waals surface area contributed by atoms with E-state index >= 15 is 0 Å². The highest BCUT2D eigenvalue weighted by molar-refractivity contribution is 5.95. The summed E-state index contributed by atoms with van der Waals surface area (Å²) in [5, 5.41) is 0. The second kappa shape index (κ2) is 5.63. The van der Waals surface area contributed by atoms with E-state index in [2.05, 4.69) is 13.8 Å². The van der Waals surface area contributed by atoms with Crippen molar-refractivity contribution in [3.8, 4) is 0 Å². The van der Waals surface area contributed by atoms with Crippen LogP contribution in [0.2, 0.25) is 0 Å². The molecule has 0 saturated carbocycles. The van der Waals surface area contributed by atoms with E-state index in [-0.39, 0.29) is 5.78 Å². The summed E-state index contributed by atoms with van der Waals surface area (Å²) in [5.41, 5.74) is 0.705. The van der Waals surface area contributed by atoms with Crippen LogP contribution in [0.5, 0.6) is 0 Å². The molecule has 0 atom stereocenters. The second-order valence-electron chi connectivity index (χ2n) is 3.66. The molecule has 0 aliphatic heterocycles. The third kappa shape index (κ3) is 3.02. The largest absolute Gasteiger partial charge is 0.472 e. The minimum Gasteiger partial charge on any atom is -0.472 e. The van der Waals surface area contributed by atoms with Gasteiger partial charge in [0, 0.05) is 6.42 Å². The van der Waals surface area contributed by atoms with E-state index < -0.39 is 0 Å². The normalized spacial score (nSPS) is 10.8. The average molecular weight is 194 g/mol. The number of carbonyl (C=O) groups is 1. The summed E-state index contributed by atoms with van der Waals surface area (Å²) in [6, 6.07) is 1.73. The van der Waals surface area contributed by atoms with Crippen molar-refractivity contribution >= 4 is 5.78 Å². The quantitative estimate of drug-likeness (QED) is 0.647. The highest BCUT2D eigenvalue weighted by atomic mass is 16.3. The van der Waals surface area contributed by atoms with E-state index in [1.165, 1.54) is 6.26 Å². The van der Waals surface area contributed by atoms with Gasteiger partial charge in [-0.3, -0.25) is 4.79 Å². The summed E-state index contributed by atoms with van der Waals surface area (Å²) in [4.78, 5) is 11.6. The van der Waals surface area contributed by atoms with Crippen molar-refractivity contribution in [2.24, 2.45) is 5.92 Å². The van der Waals surface area contributed by atoms with Gasteiger partial charge in [0.05, 0.1) is 11.8 Å². The number of ketones is 1. The van der Waals surface area contributed by atoms with Gasteiger partial charge in [0.15, 0.2) is 5.78 Å². The van der Waals surface area contributed by atoms with Crippen molar-refractivity contribution < 1.29 is 9.21 Å². The Labute approximate surface area is 85.3 Å². The Balaban J connectivity index is 2.35. The third-order valence-electron chi connectivity index (χ3n) is 2.78. The molecular weight excluding hydrogens is 176 g/mol. The van der Waals surface area contributed by atoms with Crippen molar-refractivity contribution in [1.82, 2.24) is 0 Å². The monoisotopic (exact) mass is 194 g/mol. The Morgan fingerprint density at radius 3 is 2.64 bits per heavy atom. The molecule has 0 saturated heterocycles. The predicted octanol–water partition coefficient (Wildman–Crippen LogP) is 3.68. The summed E-state index contributed by atoms with van der Waals surface area (Å²) >= 11 is 0. The van der Waals surface area contributed by atoms with Gasteiger partial charge in [-0.15, -0.1) is 0 Å². The molecule has 1 aromatic heterocycles. The van der Waals surface area contributed by atoms with Gasteiger partial charge >= 0.3 is 0 Å². The van der Waals surface area contributed by atoms with Crippen LogP contribution in [-0.2, 0) is 0 Å². The lowest BCUT2D eigenvalue weighted by Gasteiger charge is -2.10. The van der Waals surface area contributed by atoms with E-state index in [0.717, 1.165) is 19.3 Å². The molecule has 0 spiro atoms. The predicted molar refractivity (Wildman–Crippen MR) is 56.3 cm³/mol. The van der Waals surface area contributed by atoms with Crippen LogP contribution in [0, 0.1) is 5.92 Å². The second-order valence-corrected chi connectivity index (χ2v) is 3.66. The fraction of sp³-hybridized carbons (Fsp3) is 0.583. The van der Waals surface area contributed by atoms with Gasteiger partial charge in [-0.2, -0.15) is 0 Å². The first-order chi connectivity index (χ1) is 6.77. The molecule has 78 valence electrons. The van der Waals surface area contributed by atoms with E-state index in [0.29, 0.717) is 17.9 Å². The van der Waals surface area contributed by atoms with Crippen molar-refractivity contribution in [1.29, 1.82) is 0 Å². The van der Waals surface area contributed by atoms with Gasteiger partial charge in [0.2, 0.25) is 0 Å². The molecule has 2 nitrogen and oxygen atoms in total. The fourth-order valence-corrected chi connectivity index (χ4v) is 1.60. The first-order valence-electron chi connectivity index (χ1n) is 5.33. The van der Waals surface area contributed by atoms with Crippen molar-refractivity contribution in [3.63, 3.8) is 0 Å². The van der Waals surface area contributed by atoms with E-state index in [1.54, 1.807) is 12.3 Å². The summed E-state index contributed by atoms with van der Waals surface area (Å²) in [6.07, 6.45) is 7.03. The smallest absolute Gasteiger partial charge is 0.166 e. The van der Waals surface area contributed by atoms with Gasteiger partial charge in [-0.05, 0) is 18.4 Å². The maximum atomic E-state index is 11.6. The number of hydrogen-bond donors (Lipinski definition) is 0. The first-order valence-corrected chi connectivity index (χ1v) is 5.33. The van der Waals surface area contributed by atoms with Crippen LogP contribution in [0.1, 0.15) is 49.9 Å². The van der Waals surface area contributed by atoms with Crippen LogP contribution in [0.25, 0.3) is 0 Å². The van der Waals surface area contributed by atoms with Crippen LogP contribution in [0.3, 0.4) is 0 Å². The molecule has 0 radical (unpaired) electrons. The van der Waals surface area contributed by atoms with Gasteiger partial charge in [0.1, 0.15) is 6.26 Å². The highest BCUT2D eigenvalue weighted by Gasteiger charge is 2.10. The van der Waals surface area contributed by atoms with Crippen molar-refractivity contribution in [2.75, 3.05) is 0 Å². The van der Waals surface area contributed by atoms with Gasteiger partial charge in [-0.25, -0.2) is 0 Å². The zero-order chi connectivity index (χ0) is 10.4. The molecule has 0 aliphatic rings. The Morgan fingerprint density at radius 2 is 2.14 bits per heavy atom. The number of furan rings is 1. The molecule has 0 amide bonds. The molecule has 0 N–H and O–H groups in total. The molecule has 0 aliphatic carbocycles. The zero-order valence-corrected chi connectivity index (χ0v) is 8.95. The summed E-state index contributed by atoms with van der Waals surface area (Å²) in [6.45, 7) is 4.35. The molecule has 1 rings (SSSR count). The standard InChI is InChI=1S/C12H18O2/c1-3-10(4-2)5-6-12(13)11-7-8-14-9-11/h7-10H,3-6H2,1-2H3. The summed E-state index contributed by atoms with van der Waals surface area (Å²) in [5.74, 6) is 0.886. The van der Waals surface area contributed by atoms with Crippen molar-refractivity contribution in [3.05, 3.63) is 24.2 Å². The lowest BCUT2D eigenvalue weighted by atomic mass is 9.95. The minimum atomic E-state index is 0.200. The average Bonchev–Trinajstić information content (AvgIpc) is 2.72. The molecule has 0 unspecified atom stereocenters. The van der Waals surface area contributed by atoms with Gasteiger partial charge in [-0.1, -0.05) is 26.7 Å². The zero-order valence-electron chi connectivity index (χ0n) is 8.95. The Bertz CT molecular complexity index is 258. The molecule has 0 fully saturated rings. The summed E-state index contributed by atoms with van der Waals surface area (Å²) < 4.78 is 4.87. The Kier molecular flexibility index (Phi) is 4.44.